The first kappa shape index (κ1) is 22.5. The molecule has 168 valence electrons. The van der Waals surface area contributed by atoms with Crippen LogP contribution < -0.4 is 23.7 Å². The maximum absolute atomic E-state index is 11.8. The van der Waals surface area contributed by atoms with Crippen molar-refractivity contribution in [3.63, 3.8) is 0 Å². The van der Waals surface area contributed by atoms with Crippen LogP contribution in [0, 0.1) is 10.1 Å². The van der Waals surface area contributed by atoms with E-state index in [0.29, 0.717) is 40.7 Å². The van der Waals surface area contributed by atoms with E-state index in [1.165, 1.54) is 20.3 Å². The number of hydrogen-bond donors (Lipinski definition) is 0. The Hall–Kier alpha value is -3.20. The van der Waals surface area contributed by atoms with Gasteiger partial charge in [-0.15, -0.1) is 0 Å². The van der Waals surface area contributed by atoms with E-state index in [1.807, 2.05) is 13.1 Å². The van der Waals surface area contributed by atoms with Gasteiger partial charge < -0.3 is 23.7 Å². The van der Waals surface area contributed by atoms with E-state index in [4.69, 9.17) is 23.7 Å². The molecule has 2 aromatic carbocycles. The van der Waals surface area contributed by atoms with Crippen molar-refractivity contribution in [3.05, 3.63) is 45.0 Å². The molecule has 9 nitrogen and oxygen atoms in total. The number of fused-ring (bicyclic) bond motifs is 1. The lowest BCUT2D eigenvalue weighted by Crippen LogP contribution is -2.34. The summed E-state index contributed by atoms with van der Waals surface area (Å²) in [6.07, 6.45) is 1.18. The Balaban J connectivity index is 2.17. The van der Waals surface area contributed by atoms with E-state index < -0.39 is 4.92 Å². The molecule has 0 fully saturated rings. The summed E-state index contributed by atoms with van der Waals surface area (Å²) < 4.78 is 27.4. The van der Waals surface area contributed by atoms with Crippen LogP contribution in [-0.2, 0) is 12.8 Å². The molecule has 0 aromatic heterocycles. The molecule has 1 aliphatic rings. The van der Waals surface area contributed by atoms with Gasteiger partial charge in [0.1, 0.15) is 0 Å². The summed E-state index contributed by atoms with van der Waals surface area (Å²) >= 11 is 0. The zero-order valence-corrected chi connectivity index (χ0v) is 18.7. The number of benzene rings is 2. The van der Waals surface area contributed by atoms with Gasteiger partial charge in [0.05, 0.1) is 46.5 Å². The average Bonchev–Trinajstić information content (AvgIpc) is 2.78. The number of rotatable bonds is 8. The highest BCUT2D eigenvalue weighted by Gasteiger charge is 2.34. The fourth-order valence-electron chi connectivity index (χ4n) is 4.18. The quantitative estimate of drug-likeness (QED) is 0.463. The second kappa shape index (κ2) is 9.30. The summed E-state index contributed by atoms with van der Waals surface area (Å²) in [6.45, 7) is 0.789. The summed E-state index contributed by atoms with van der Waals surface area (Å²) in [5, 5.41) is 11.8. The van der Waals surface area contributed by atoms with E-state index in [0.717, 1.165) is 24.1 Å². The molecule has 1 heterocycles. The SMILES string of the molecule is COc1cc(C[C@@H]2c3c(cc(OC)c(OC)c3OC)CCN2C)c([N+](=O)[O-])cc1OC. The van der Waals surface area contributed by atoms with Crippen LogP contribution >= 0.6 is 0 Å². The fourth-order valence-corrected chi connectivity index (χ4v) is 4.18. The van der Waals surface area contributed by atoms with E-state index in [-0.39, 0.29) is 11.7 Å². The molecule has 0 saturated carbocycles. The Morgan fingerprint density at radius 1 is 0.935 bits per heavy atom. The van der Waals surface area contributed by atoms with Crippen LogP contribution in [0.4, 0.5) is 5.69 Å². The number of likely N-dealkylation sites (N-methyl/N-ethyl adjacent to an activating group) is 1. The first-order valence-electron chi connectivity index (χ1n) is 9.81. The van der Waals surface area contributed by atoms with Crippen LogP contribution in [0.25, 0.3) is 0 Å². The van der Waals surface area contributed by atoms with Crippen LogP contribution in [0.5, 0.6) is 28.7 Å². The van der Waals surface area contributed by atoms with Crippen LogP contribution in [0.2, 0.25) is 0 Å². The largest absolute Gasteiger partial charge is 0.493 e. The third-order valence-electron chi connectivity index (χ3n) is 5.75. The van der Waals surface area contributed by atoms with Crippen LogP contribution in [0.1, 0.15) is 22.7 Å². The molecular weight excluding hydrogens is 404 g/mol. The van der Waals surface area contributed by atoms with Crippen molar-refractivity contribution >= 4 is 5.69 Å². The highest BCUT2D eigenvalue weighted by atomic mass is 16.6. The van der Waals surface area contributed by atoms with Gasteiger partial charge in [0.2, 0.25) is 5.75 Å². The Morgan fingerprint density at radius 3 is 2.10 bits per heavy atom. The average molecular weight is 432 g/mol. The van der Waals surface area contributed by atoms with Crippen molar-refractivity contribution in [2.75, 3.05) is 49.1 Å². The number of nitrogens with zero attached hydrogens (tertiary/aromatic N) is 2. The van der Waals surface area contributed by atoms with Crippen molar-refractivity contribution in [1.82, 2.24) is 4.90 Å². The highest BCUT2D eigenvalue weighted by Crippen LogP contribution is 2.48. The molecule has 0 saturated heterocycles. The van der Waals surface area contributed by atoms with Crippen molar-refractivity contribution in [2.24, 2.45) is 0 Å². The standard InChI is InChI=1S/C22H28N2O7/c1-23-8-7-13-10-19(29-4)21(30-5)22(31-6)20(13)16(23)9-14-11-17(27-2)18(28-3)12-15(14)24(25)26/h10-12,16H,7-9H2,1-6H3/t16-/m1/s1. The molecule has 0 spiro atoms. The Labute approximate surface area is 181 Å². The van der Waals surface area contributed by atoms with Crippen molar-refractivity contribution in [3.8, 4) is 28.7 Å². The lowest BCUT2D eigenvalue weighted by Gasteiger charge is -2.36. The molecule has 9 heteroatoms. The topological polar surface area (TPSA) is 92.5 Å². The molecule has 3 rings (SSSR count). The zero-order valence-electron chi connectivity index (χ0n) is 18.7. The van der Waals surface area contributed by atoms with Gasteiger partial charge in [-0.25, -0.2) is 0 Å². The minimum Gasteiger partial charge on any atom is -0.493 e. The number of hydrogen-bond acceptors (Lipinski definition) is 8. The molecule has 0 bridgehead atoms. The van der Waals surface area contributed by atoms with Gasteiger partial charge in [-0.2, -0.15) is 0 Å². The zero-order chi connectivity index (χ0) is 22.7. The van der Waals surface area contributed by atoms with E-state index in [2.05, 4.69) is 4.90 Å². The molecule has 2 aromatic rings. The van der Waals surface area contributed by atoms with Gasteiger partial charge in [-0.3, -0.25) is 15.0 Å². The molecule has 31 heavy (non-hydrogen) atoms. The Kier molecular flexibility index (Phi) is 6.74. The van der Waals surface area contributed by atoms with Crippen LogP contribution in [-0.4, -0.2) is 59.0 Å². The van der Waals surface area contributed by atoms with Crippen molar-refractivity contribution in [2.45, 2.75) is 18.9 Å². The third kappa shape index (κ3) is 4.05. The first-order valence-corrected chi connectivity index (χ1v) is 9.81. The normalized spacial score (nSPS) is 15.7. The number of methoxy groups -OCH3 is 5. The fraction of sp³-hybridized carbons (Fsp3) is 0.455. The van der Waals surface area contributed by atoms with Gasteiger partial charge in [0.15, 0.2) is 23.0 Å². The maximum atomic E-state index is 11.8. The summed E-state index contributed by atoms with van der Waals surface area (Å²) in [5.74, 6) is 2.45. The highest BCUT2D eigenvalue weighted by molar-refractivity contribution is 5.62. The van der Waals surface area contributed by atoms with Gasteiger partial charge >= 0.3 is 0 Å². The smallest absolute Gasteiger partial charge is 0.276 e. The number of nitro groups is 1. The summed E-state index contributed by atoms with van der Waals surface area (Å²) in [4.78, 5) is 13.6. The second-order valence-corrected chi connectivity index (χ2v) is 7.26. The van der Waals surface area contributed by atoms with E-state index in [9.17, 15) is 10.1 Å². The molecule has 0 aliphatic carbocycles. The van der Waals surface area contributed by atoms with Crippen LogP contribution in [0.15, 0.2) is 18.2 Å². The molecule has 0 radical (unpaired) electrons. The molecule has 0 unspecified atom stereocenters. The second-order valence-electron chi connectivity index (χ2n) is 7.26. The molecule has 0 amide bonds. The lowest BCUT2D eigenvalue weighted by molar-refractivity contribution is -0.385. The van der Waals surface area contributed by atoms with Gasteiger partial charge in [0, 0.05) is 23.7 Å². The van der Waals surface area contributed by atoms with E-state index >= 15 is 0 Å². The molecular formula is C22H28N2O7. The monoisotopic (exact) mass is 432 g/mol. The number of ether oxygens (including phenoxy) is 5. The first-order chi connectivity index (χ1) is 14.9. The summed E-state index contributed by atoms with van der Waals surface area (Å²) in [5.41, 5.74) is 2.54. The van der Waals surface area contributed by atoms with Gasteiger partial charge in [-0.05, 0) is 37.6 Å². The maximum Gasteiger partial charge on any atom is 0.276 e. The summed E-state index contributed by atoms with van der Waals surface area (Å²) in [7, 11) is 9.70. The number of nitro benzene ring substituents is 1. The molecule has 1 aliphatic heterocycles. The predicted molar refractivity (Wildman–Crippen MR) is 115 cm³/mol. The van der Waals surface area contributed by atoms with Crippen molar-refractivity contribution < 1.29 is 28.6 Å². The van der Waals surface area contributed by atoms with E-state index in [1.54, 1.807) is 27.4 Å². The minimum absolute atomic E-state index is 0.0161. The summed E-state index contributed by atoms with van der Waals surface area (Å²) in [6, 6.07) is 4.87. The third-order valence-corrected chi connectivity index (χ3v) is 5.75. The van der Waals surface area contributed by atoms with Crippen LogP contribution in [0.3, 0.4) is 0 Å². The Bertz CT molecular complexity index is 977. The predicted octanol–water partition coefficient (Wildman–Crippen LogP) is 3.41. The lowest BCUT2D eigenvalue weighted by atomic mass is 9.87. The molecule has 1 atom stereocenters. The van der Waals surface area contributed by atoms with Crippen molar-refractivity contribution in [1.29, 1.82) is 0 Å². The van der Waals surface area contributed by atoms with Gasteiger partial charge in [0.25, 0.3) is 5.69 Å². The minimum atomic E-state index is -0.396. The molecule has 0 N–H and O–H groups in total. The van der Waals surface area contributed by atoms with Gasteiger partial charge in [-0.1, -0.05) is 0 Å². The Morgan fingerprint density at radius 2 is 1.55 bits per heavy atom.